The van der Waals surface area contributed by atoms with Crippen molar-refractivity contribution in [3.63, 3.8) is 0 Å². The van der Waals surface area contributed by atoms with Crippen molar-refractivity contribution in [2.24, 2.45) is 0 Å². The normalized spacial score (nSPS) is 11.4. The number of ketones is 1. The van der Waals surface area contributed by atoms with Gasteiger partial charge in [-0.3, -0.25) is 14.2 Å². The molecule has 3 aromatic carbocycles. The lowest BCUT2D eigenvalue weighted by atomic mass is 10.0. The summed E-state index contributed by atoms with van der Waals surface area (Å²) >= 11 is 1.09. The van der Waals surface area contributed by atoms with E-state index in [0.29, 0.717) is 29.2 Å². The molecule has 0 amide bonds. The van der Waals surface area contributed by atoms with Gasteiger partial charge < -0.3 is 14.6 Å². The van der Waals surface area contributed by atoms with Crippen molar-refractivity contribution in [2.45, 2.75) is 26.0 Å². The van der Waals surface area contributed by atoms with Crippen molar-refractivity contribution in [1.82, 2.24) is 4.57 Å². The molecular formula is C26H23NO6S. The number of aromatic nitrogens is 1. The standard InChI is InChI=1S/C26H23NO6S/c1-26(2,24(29)30)33-20-10-6-9-19(16-20)32-14-13-27-21-12-11-18(15-22(21)34-25(27)31)23(28)17-7-4-3-5-8-17/h3-12,15-16H,13-14H2,1-2H3,(H,29,30). The molecule has 0 aliphatic rings. The largest absolute Gasteiger partial charge is 0.492 e. The molecule has 0 aliphatic carbocycles. The van der Waals surface area contributed by atoms with Gasteiger partial charge in [0.1, 0.15) is 18.1 Å². The van der Waals surface area contributed by atoms with Crippen molar-refractivity contribution in [1.29, 1.82) is 0 Å². The second-order valence-electron chi connectivity index (χ2n) is 8.14. The lowest BCUT2D eigenvalue weighted by Crippen LogP contribution is -2.37. The molecule has 4 rings (SSSR count). The highest BCUT2D eigenvalue weighted by Gasteiger charge is 2.29. The third-order valence-electron chi connectivity index (χ3n) is 5.24. The summed E-state index contributed by atoms with van der Waals surface area (Å²) in [4.78, 5) is 36.4. The lowest BCUT2D eigenvalue weighted by molar-refractivity contribution is -0.152. The molecule has 0 saturated heterocycles. The highest BCUT2D eigenvalue weighted by atomic mass is 32.1. The molecule has 1 N–H and O–H groups in total. The van der Waals surface area contributed by atoms with Gasteiger partial charge in [0, 0.05) is 17.2 Å². The second-order valence-corrected chi connectivity index (χ2v) is 9.13. The molecule has 34 heavy (non-hydrogen) atoms. The smallest absolute Gasteiger partial charge is 0.347 e. The van der Waals surface area contributed by atoms with Gasteiger partial charge in [0.25, 0.3) is 0 Å². The predicted octanol–water partition coefficient (Wildman–Crippen LogP) is 4.62. The molecule has 1 heterocycles. The minimum atomic E-state index is -1.37. The molecule has 0 saturated carbocycles. The molecule has 0 aliphatic heterocycles. The van der Waals surface area contributed by atoms with Crippen LogP contribution in [0.3, 0.4) is 0 Å². The van der Waals surface area contributed by atoms with E-state index in [4.69, 9.17) is 9.47 Å². The van der Waals surface area contributed by atoms with E-state index in [9.17, 15) is 19.5 Å². The molecular weight excluding hydrogens is 454 g/mol. The predicted molar refractivity (Wildman–Crippen MR) is 130 cm³/mol. The van der Waals surface area contributed by atoms with Crippen molar-refractivity contribution in [2.75, 3.05) is 6.61 Å². The monoisotopic (exact) mass is 477 g/mol. The fourth-order valence-electron chi connectivity index (χ4n) is 3.40. The molecule has 1 aromatic heterocycles. The van der Waals surface area contributed by atoms with Crippen LogP contribution in [0.4, 0.5) is 0 Å². The number of hydrogen-bond acceptors (Lipinski definition) is 6. The van der Waals surface area contributed by atoms with E-state index >= 15 is 0 Å². The van der Waals surface area contributed by atoms with Gasteiger partial charge in [0.2, 0.25) is 0 Å². The van der Waals surface area contributed by atoms with Crippen molar-refractivity contribution in [3.8, 4) is 11.5 Å². The van der Waals surface area contributed by atoms with Crippen molar-refractivity contribution in [3.05, 3.63) is 93.6 Å². The first-order valence-corrected chi connectivity index (χ1v) is 11.4. The van der Waals surface area contributed by atoms with Crippen LogP contribution in [-0.4, -0.2) is 33.6 Å². The van der Waals surface area contributed by atoms with Gasteiger partial charge in [-0.15, -0.1) is 0 Å². The number of carboxylic acid groups (broad SMARTS) is 1. The number of ether oxygens (including phenoxy) is 2. The molecule has 7 nitrogen and oxygen atoms in total. The second kappa shape index (κ2) is 9.52. The number of hydrogen-bond donors (Lipinski definition) is 1. The highest BCUT2D eigenvalue weighted by Crippen LogP contribution is 2.24. The average molecular weight is 478 g/mol. The zero-order chi connectivity index (χ0) is 24.3. The van der Waals surface area contributed by atoms with Crippen LogP contribution in [0.1, 0.15) is 29.8 Å². The Balaban J connectivity index is 1.46. The Bertz CT molecular complexity index is 1400. The summed E-state index contributed by atoms with van der Waals surface area (Å²) in [5, 5.41) is 9.23. The summed E-state index contributed by atoms with van der Waals surface area (Å²) < 4.78 is 13.7. The number of fused-ring (bicyclic) bond motifs is 1. The first-order chi connectivity index (χ1) is 16.2. The highest BCUT2D eigenvalue weighted by molar-refractivity contribution is 7.16. The molecule has 0 fully saturated rings. The summed E-state index contributed by atoms with van der Waals surface area (Å²) in [6.07, 6.45) is 0. The van der Waals surface area contributed by atoms with Crippen molar-refractivity contribution >= 4 is 33.3 Å². The number of carbonyl (C=O) groups excluding carboxylic acids is 1. The van der Waals surface area contributed by atoms with Gasteiger partial charge in [0.15, 0.2) is 11.4 Å². The van der Waals surface area contributed by atoms with E-state index in [-0.39, 0.29) is 17.3 Å². The first kappa shape index (κ1) is 23.3. The maximum Gasteiger partial charge on any atom is 0.347 e. The van der Waals surface area contributed by atoms with Gasteiger partial charge in [-0.2, -0.15) is 0 Å². The maximum atomic E-state index is 12.7. The number of benzene rings is 3. The Kier molecular flexibility index (Phi) is 6.51. The van der Waals surface area contributed by atoms with Crippen LogP contribution in [0.25, 0.3) is 10.2 Å². The molecule has 4 aromatic rings. The lowest BCUT2D eigenvalue weighted by Gasteiger charge is -2.21. The van der Waals surface area contributed by atoms with Gasteiger partial charge in [-0.05, 0) is 44.2 Å². The van der Waals surface area contributed by atoms with E-state index in [1.807, 2.05) is 18.2 Å². The molecule has 8 heteroatoms. The number of aliphatic carboxylic acids is 1. The van der Waals surface area contributed by atoms with Crippen LogP contribution in [0, 0.1) is 0 Å². The number of carboxylic acids is 1. The van der Waals surface area contributed by atoms with Crippen LogP contribution in [0.15, 0.2) is 77.6 Å². The molecule has 0 atom stereocenters. The Morgan fingerprint density at radius 2 is 1.68 bits per heavy atom. The number of rotatable bonds is 9. The van der Waals surface area contributed by atoms with E-state index in [1.54, 1.807) is 59.2 Å². The Morgan fingerprint density at radius 1 is 0.941 bits per heavy atom. The van der Waals surface area contributed by atoms with Gasteiger partial charge in [-0.1, -0.05) is 47.7 Å². The van der Waals surface area contributed by atoms with Crippen LogP contribution in [-0.2, 0) is 11.3 Å². The van der Waals surface area contributed by atoms with Crippen LogP contribution >= 0.6 is 11.3 Å². The third kappa shape index (κ3) is 5.02. The first-order valence-electron chi connectivity index (χ1n) is 10.6. The fourth-order valence-corrected chi connectivity index (χ4v) is 4.35. The Morgan fingerprint density at radius 3 is 2.41 bits per heavy atom. The molecule has 174 valence electrons. The summed E-state index contributed by atoms with van der Waals surface area (Å²) in [7, 11) is 0. The number of carbonyl (C=O) groups is 2. The number of thiazole rings is 1. The van der Waals surface area contributed by atoms with E-state index < -0.39 is 11.6 Å². The average Bonchev–Trinajstić information content (AvgIpc) is 3.13. The Labute approximate surface area is 199 Å². The zero-order valence-corrected chi connectivity index (χ0v) is 19.5. The summed E-state index contributed by atoms with van der Waals surface area (Å²) in [5.41, 5.74) is 0.496. The number of nitrogens with zero attached hydrogens (tertiary/aromatic N) is 1. The van der Waals surface area contributed by atoms with E-state index in [2.05, 4.69) is 0 Å². The van der Waals surface area contributed by atoms with Crippen molar-refractivity contribution < 1.29 is 24.2 Å². The summed E-state index contributed by atoms with van der Waals surface area (Å²) in [5.74, 6) is -0.289. The molecule has 0 radical (unpaired) electrons. The summed E-state index contributed by atoms with van der Waals surface area (Å²) in [6.45, 7) is 3.48. The molecule has 0 spiro atoms. The Hall–Kier alpha value is -3.91. The fraction of sp³-hybridized carbons (Fsp3) is 0.192. The van der Waals surface area contributed by atoms with E-state index in [1.165, 1.54) is 13.8 Å². The topological polar surface area (TPSA) is 94.8 Å². The van der Waals surface area contributed by atoms with Crippen LogP contribution in [0.2, 0.25) is 0 Å². The van der Waals surface area contributed by atoms with Crippen LogP contribution in [0.5, 0.6) is 11.5 Å². The maximum absolute atomic E-state index is 12.7. The third-order valence-corrected chi connectivity index (χ3v) is 6.19. The summed E-state index contributed by atoms with van der Waals surface area (Å²) in [6, 6.07) is 21.0. The molecule has 0 bridgehead atoms. The SMILES string of the molecule is CC(C)(Oc1cccc(OCCn2c(=O)sc3cc(C(=O)c4ccccc4)ccc32)c1)C(=O)O. The van der Waals surface area contributed by atoms with Gasteiger partial charge in [-0.25, -0.2) is 4.79 Å². The van der Waals surface area contributed by atoms with Gasteiger partial charge in [0.05, 0.1) is 16.8 Å². The van der Waals surface area contributed by atoms with Crippen LogP contribution < -0.4 is 14.3 Å². The van der Waals surface area contributed by atoms with E-state index in [0.717, 1.165) is 21.6 Å². The minimum absolute atomic E-state index is 0.0913. The quantitative estimate of drug-likeness (QED) is 0.354. The molecule has 0 unspecified atom stereocenters. The minimum Gasteiger partial charge on any atom is -0.492 e. The van der Waals surface area contributed by atoms with Gasteiger partial charge >= 0.3 is 10.8 Å². The zero-order valence-electron chi connectivity index (χ0n) is 18.7.